The van der Waals surface area contributed by atoms with Crippen LogP contribution in [0.2, 0.25) is 0 Å². The summed E-state index contributed by atoms with van der Waals surface area (Å²) in [6.07, 6.45) is 1.80. The van der Waals surface area contributed by atoms with Crippen LogP contribution in [-0.2, 0) is 4.74 Å². The molecule has 0 spiro atoms. The van der Waals surface area contributed by atoms with Gasteiger partial charge in [-0.05, 0) is 18.2 Å². The lowest BCUT2D eigenvalue weighted by Gasteiger charge is -2.36. The number of aromatic nitrogens is 3. The van der Waals surface area contributed by atoms with Crippen molar-refractivity contribution < 1.29 is 14.1 Å². The zero-order valence-corrected chi connectivity index (χ0v) is 19.3. The van der Waals surface area contributed by atoms with E-state index in [-0.39, 0.29) is 5.91 Å². The lowest BCUT2D eigenvalue weighted by Crippen LogP contribution is -2.49. The fourth-order valence-electron chi connectivity index (χ4n) is 4.69. The number of ether oxygens (including phenoxy) is 1. The molecule has 2 saturated heterocycles. The van der Waals surface area contributed by atoms with Crippen LogP contribution in [0, 0.1) is 0 Å². The first-order valence-electron chi connectivity index (χ1n) is 11.9. The number of amides is 1. The molecule has 0 bridgehead atoms. The number of morpholine rings is 1. The Kier molecular flexibility index (Phi) is 5.75. The van der Waals surface area contributed by atoms with Gasteiger partial charge < -0.3 is 24.0 Å². The van der Waals surface area contributed by atoms with E-state index in [9.17, 15) is 4.79 Å². The van der Waals surface area contributed by atoms with Gasteiger partial charge in [-0.3, -0.25) is 4.79 Å². The molecule has 4 heterocycles. The van der Waals surface area contributed by atoms with Crippen LogP contribution in [0.15, 0.2) is 65.3 Å². The molecule has 0 radical (unpaired) electrons. The van der Waals surface area contributed by atoms with Gasteiger partial charge in [-0.15, -0.1) is 5.10 Å². The molecule has 1 amide bonds. The predicted octanol–water partition coefficient (Wildman–Crippen LogP) is 3.08. The number of fused-ring (bicyclic) bond motifs is 1. The van der Waals surface area contributed by atoms with Crippen molar-refractivity contribution in [2.75, 3.05) is 62.3 Å². The lowest BCUT2D eigenvalue weighted by molar-refractivity contribution is 0.0746. The Labute approximate surface area is 202 Å². The van der Waals surface area contributed by atoms with Crippen molar-refractivity contribution >= 4 is 28.3 Å². The number of carbonyl (C=O) groups is 1. The van der Waals surface area contributed by atoms with Crippen LogP contribution in [0.25, 0.3) is 22.2 Å². The van der Waals surface area contributed by atoms with E-state index in [1.165, 1.54) is 0 Å². The second kappa shape index (κ2) is 9.34. The van der Waals surface area contributed by atoms with Gasteiger partial charge in [-0.25, -0.2) is 0 Å². The third-order valence-corrected chi connectivity index (χ3v) is 6.65. The highest BCUT2D eigenvalue weighted by molar-refractivity contribution is 6.01. The van der Waals surface area contributed by atoms with Crippen LogP contribution in [0.3, 0.4) is 0 Å². The molecule has 0 aliphatic carbocycles. The minimum Gasteiger partial charge on any atom is -0.378 e. The van der Waals surface area contributed by atoms with Gasteiger partial charge in [0.2, 0.25) is 0 Å². The number of benzene rings is 2. The molecule has 9 heteroatoms. The normalized spacial score (nSPS) is 16.6. The summed E-state index contributed by atoms with van der Waals surface area (Å²) in [5.74, 6) is 1.54. The van der Waals surface area contributed by atoms with E-state index in [4.69, 9.17) is 9.26 Å². The minimum atomic E-state index is 0.0138. The smallest absolute Gasteiger partial charge is 0.254 e. The van der Waals surface area contributed by atoms with Gasteiger partial charge in [0.1, 0.15) is 5.52 Å². The van der Waals surface area contributed by atoms with Crippen molar-refractivity contribution in [1.29, 1.82) is 0 Å². The van der Waals surface area contributed by atoms with Crippen LogP contribution < -0.4 is 9.80 Å². The summed E-state index contributed by atoms with van der Waals surface area (Å²) in [6.45, 7) is 5.82. The average molecular weight is 471 g/mol. The van der Waals surface area contributed by atoms with E-state index in [2.05, 4.69) is 31.2 Å². The molecular formula is C26H26N6O3. The Morgan fingerprint density at radius 2 is 1.66 bits per heavy atom. The number of hydrogen-bond acceptors (Lipinski definition) is 8. The number of rotatable bonds is 4. The summed E-state index contributed by atoms with van der Waals surface area (Å²) in [5.41, 5.74) is 3.38. The van der Waals surface area contributed by atoms with Crippen molar-refractivity contribution in [2.24, 2.45) is 0 Å². The fourth-order valence-corrected chi connectivity index (χ4v) is 4.69. The monoisotopic (exact) mass is 470 g/mol. The zero-order chi connectivity index (χ0) is 23.6. The maximum Gasteiger partial charge on any atom is 0.254 e. The molecule has 178 valence electrons. The van der Waals surface area contributed by atoms with Crippen LogP contribution in [0.1, 0.15) is 10.4 Å². The zero-order valence-electron chi connectivity index (χ0n) is 19.3. The van der Waals surface area contributed by atoms with Crippen molar-refractivity contribution in [1.82, 2.24) is 20.3 Å². The highest BCUT2D eigenvalue weighted by Crippen LogP contribution is 2.30. The standard InChI is InChI=1S/C26H26N6O3/c33-26(20-6-7-23-22(16-20)25(35-29-23)19-4-2-1-3-5-19)32-10-8-31(9-11-32)24-17-21(18-27-28-24)30-12-14-34-15-13-30/h1-7,16-18H,8-15H2. The first kappa shape index (κ1) is 21.5. The Balaban J connectivity index is 1.15. The molecule has 2 aromatic carbocycles. The molecule has 4 aromatic rings. The van der Waals surface area contributed by atoms with E-state index in [0.717, 1.165) is 54.3 Å². The van der Waals surface area contributed by atoms with Gasteiger partial charge in [-0.1, -0.05) is 35.5 Å². The number of anilines is 2. The Hall–Kier alpha value is -3.98. The van der Waals surface area contributed by atoms with E-state index in [0.29, 0.717) is 37.5 Å². The molecule has 9 nitrogen and oxygen atoms in total. The maximum atomic E-state index is 13.3. The largest absolute Gasteiger partial charge is 0.378 e. The van der Waals surface area contributed by atoms with Gasteiger partial charge in [0.15, 0.2) is 11.6 Å². The number of carbonyl (C=O) groups excluding carboxylic acids is 1. The predicted molar refractivity (Wildman–Crippen MR) is 133 cm³/mol. The Morgan fingerprint density at radius 3 is 2.46 bits per heavy atom. The SMILES string of the molecule is O=C(c1ccc2noc(-c3ccccc3)c2c1)N1CCN(c2cc(N3CCOCC3)cnn2)CC1. The third kappa shape index (κ3) is 4.30. The summed E-state index contributed by atoms with van der Waals surface area (Å²) >= 11 is 0. The molecule has 0 N–H and O–H groups in total. The van der Waals surface area contributed by atoms with E-state index >= 15 is 0 Å². The molecule has 2 aliphatic rings. The quantitative estimate of drug-likeness (QED) is 0.450. The summed E-state index contributed by atoms with van der Waals surface area (Å²) in [6, 6.07) is 17.5. The second-order valence-corrected chi connectivity index (χ2v) is 8.76. The second-order valence-electron chi connectivity index (χ2n) is 8.76. The maximum absolute atomic E-state index is 13.3. The van der Waals surface area contributed by atoms with Crippen LogP contribution in [-0.4, -0.2) is 78.6 Å². The van der Waals surface area contributed by atoms with Gasteiger partial charge in [0.05, 0.1) is 30.5 Å². The van der Waals surface area contributed by atoms with E-state index in [1.807, 2.05) is 53.4 Å². The lowest BCUT2D eigenvalue weighted by atomic mass is 10.1. The number of nitrogens with zero attached hydrogens (tertiary/aromatic N) is 6. The molecular weight excluding hydrogens is 444 g/mol. The first-order valence-corrected chi connectivity index (χ1v) is 11.9. The van der Waals surface area contributed by atoms with Crippen molar-refractivity contribution in [2.45, 2.75) is 0 Å². The summed E-state index contributed by atoms with van der Waals surface area (Å²) in [4.78, 5) is 19.7. The molecule has 2 aliphatic heterocycles. The Bertz CT molecular complexity index is 1330. The molecule has 35 heavy (non-hydrogen) atoms. The molecule has 0 atom stereocenters. The Morgan fingerprint density at radius 1 is 0.857 bits per heavy atom. The van der Waals surface area contributed by atoms with Crippen LogP contribution >= 0.6 is 0 Å². The fraction of sp³-hybridized carbons (Fsp3) is 0.308. The summed E-state index contributed by atoms with van der Waals surface area (Å²) in [5, 5.41) is 13.6. The molecule has 0 saturated carbocycles. The minimum absolute atomic E-state index is 0.0138. The summed E-state index contributed by atoms with van der Waals surface area (Å²) in [7, 11) is 0. The van der Waals surface area contributed by atoms with Crippen molar-refractivity contribution in [3.05, 3.63) is 66.4 Å². The van der Waals surface area contributed by atoms with E-state index < -0.39 is 0 Å². The molecule has 0 unspecified atom stereocenters. The van der Waals surface area contributed by atoms with Crippen LogP contribution in [0.5, 0.6) is 0 Å². The third-order valence-electron chi connectivity index (χ3n) is 6.65. The van der Waals surface area contributed by atoms with Gasteiger partial charge in [0, 0.05) is 56.5 Å². The summed E-state index contributed by atoms with van der Waals surface area (Å²) < 4.78 is 11.0. The van der Waals surface area contributed by atoms with Gasteiger partial charge in [0.25, 0.3) is 5.91 Å². The number of hydrogen-bond donors (Lipinski definition) is 0. The molecule has 2 fully saturated rings. The van der Waals surface area contributed by atoms with E-state index in [1.54, 1.807) is 6.20 Å². The topological polar surface area (TPSA) is 87.8 Å². The van der Waals surface area contributed by atoms with Crippen LogP contribution in [0.4, 0.5) is 11.5 Å². The highest BCUT2D eigenvalue weighted by Gasteiger charge is 2.25. The highest BCUT2D eigenvalue weighted by atomic mass is 16.5. The van der Waals surface area contributed by atoms with Crippen molar-refractivity contribution in [3.8, 4) is 11.3 Å². The van der Waals surface area contributed by atoms with Gasteiger partial charge >= 0.3 is 0 Å². The average Bonchev–Trinajstić information content (AvgIpc) is 3.37. The van der Waals surface area contributed by atoms with Crippen molar-refractivity contribution in [3.63, 3.8) is 0 Å². The first-order chi connectivity index (χ1) is 17.3. The van der Waals surface area contributed by atoms with Gasteiger partial charge in [-0.2, -0.15) is 5.10 Å². The molecule has 2 aromatic heterocycles. The number of piperazine rings is 1. The molecule has 6 rings (SSSR count).